The third-order valence-electron chi connectivity index (χ3n) is 12.3. The second-order valence-electron chi connectivity index (χ2n) is 16.1. The molecule has 3 aliphatic heterocycles. The number of anilines is 1. The van der Waals surface area contributed by atoms with E-state index in [9.17, 15) is 10.2 Å². The van der Waals surface area contributed by atoms with Gasteiger partial charge in [-0.25, -0.2) is 13.8 Å². The molecule has 1 spiro atoms. The van der Waals surface area contributed by atoms with Gasteiger partial charge in [0.1, 0.15) is 39.6 Å². The van der Waals surface area contributed by atoms with Gasteiger partial charge in [-0.1, -0.05) is 32.4 Å². The summed E-state index contributed by atoms with van der Waals surface area (Å²) < 4.78 is 56.1. The van der Waals surface area contributed by atoms with E-state index in [4.69, 9.17) is 28.9 Å². The summed E-state index contributed by atoms with van der Waals surface area (Å²) in [6.07, 6.45) is 7.77. The second-order valence-corrected chi connectivity index (χ2v) is 16.1. The predicted molar refractivity (Wildman–Crippen MR) is 201 cm³/mol. The molecule has 0 radical (unpaired) electrons. The Morgan fingerprint density at radius 2 is 1.78 bits per heavy atom. The number of halogens is 2. The van der Waals surface area contributed by atoms with Gasteiger partial charge in [0.15, 0.2) is 5.82 Å². The molecule has 9 rings (SSSR count). The fraction of sp³-hybridized carbons (Fsp3) is 0.585. The quantitative estimate of drug-likeness (QED) is 0.212. The van der Waals surface area contributed by atoms with Gasteiger partial charge in [0, 0.05) is 40.4 Å². The SMILES string of the molecule is CC.COc1nc(-c2cc(O)cc3cccc(F)c23)c(F)c2nc(OCC34CCCC3N(C3CC5(COC5)C3)CCC4)nc(N3CCOCC(C)(O)C3)c12. The van der Waals surface area contributed by atoms with Crippen molar-refractivity contribution in [2.75, 3.05) is 64.7 Å². The van der Waals surface area contributed by atoms with Crippen LogP contribution in [0.5, 0.6) is 17.6 Å². The topological polar surface area (TPSA) is 123 Å². The number of fused-ring (bicyclic) bond motifs is 3. The Kier molecular flexibility index (Phi) is 9.81. The maximum atomic E-state index is 17.1. The normalized spacial score (nSPS) is 26.8. The molecule has 11 nitrogen and oxygen atoms in total. The maximum absolute atomic E-state index is 17.1. The zero-order chi connectivity index (χ0) is 37.8. The minimum Gasteiger partial charge on any atom is -0.508 e. The van der Waals surface area contributed by atoms with Crippen molar-refractivity contribution in [3.05, 3.63) is 42.0 Å². The fourth-order valence-corrected chi connectivity index (χ4v) is 9.85. The summed E-state index contributed by atoms with van der Waals surface area (Å²) in [5.41, 5.74) is -1.21. The first kappa shape index (κ1) is 37.0. The highest BCUT2D eigenvalue weighted by Crippen LogP contribution is 2.55. The molecule has 4 aromatic rings. The number of nitrogens with zero attached hydrogens (tertiary/aromatic N) is 5. The number of phenolic OH excluding ortho intramolecular Hbond substituents is 1. The number of aromatic hydroxyl groups is 1. The second kappa shape index (κ2) is 14.3. The van der Waals surface area contributed by atoms with E-state index in [0.29, 0.717) is 48.5 Å². The lowest BCUT2D eigenvalue weighted by Gasteiger charge is -2.60. The van der Waals surface area contributed by atoms with Crippen molar-refractivity contribution in [3.63, 3.8) is 0 Å². The Bertz CT molecular complexity index is 2040. The number of hydrogen-bond acceptors (Lipinski definition) is 11. The first-order valence-electron chi connectivity index (χ1n) is 19.5. The minimum absolute atomic E-state index is 0.00345. The molecule has 2 N–H and O–H groups in total. The Labute approximate surface area is 314 Å². The molecule has 2 aromatic carbocycles. The Hall–Kier alpha value is -3.91. The smallest absolute Gasteiger partial charge is 0.319 e. The highest BCUT2D eigenvalue weighted by molar-refractivity contribution is 6.02. The highest BCUT2D eigenvalue weighted by Gasteiger charge is 2.56. The fourth-order valence-electron chi connectivity index (χ4n) is 9.85. The number of ether oxygens (including phenoxy) is 4. The molecule has 3 saturated heterocycles. The molecule has 2 aliphatic carbocycles. The lowest BCUT2D eigenvalue weighted by Crippen LogP contribution is -2.64. The molecule has 2 aromatic heterocycles. The average molecular weight is 748 g/mol. The van der Waals surface area contributed by atoms with Crippen molar-refractivity contribution in [1.82, 2.24) is 19.9 Å². The number of pyridine rings is 1. The van der Waals surface area contributed by atoms with Crippen LogP contribution in [0.4, 0.5) is 14.6 Å². The van der Waals surface area contributed by atoms with Crippen LogP contribution in [0.25, 0.3) is 32.9 Å². The van der Waals surface area contributed by atoms with E-state index in [1.165, 1.54) is 44.2 Å². The molecule has 5 heterocycles. The van der Waals surface area contributed by atoms with Gasteiger partial charge in [-0.3, -0.25) is 4.90 Å². The maximum Gasteiger partial charge on any atom is 0.319 e. The summed E-state index contributed by atoms with van der Waals surface area (Å²) in [5.74, 6) is -1.29. The number of rotatable bonds is 7. The Balaban J connectivity index is 0.00000203. The summed E-state index contributed by atoms with van der Waals surface area (Å²) >= 11 is 0. The van der Waals surface area contributed by atoms with Crippen LogP contribution in [0.3, 0.4) is 0 Å². The van der Waals surface area contributed by atoms with Gasteiger partial charge in [0.25, 0.3) is 0 Å². The van der Waals surface area contributed by atoms with E-state index < -0.39 is 17.2 Å². The van der Waals surface area contributed by atoms with Crippen molar-refractivity contribution in [2.45, 2.75) is 83.4 Å². The number of aliphatic hydroxyl groups is 1. The van der Waals surface area contributed by atoms with E-state index >= 15 is 8.78 Å². The van der Waals surface area contributed by atoms with Crippen molar-refractivity contribution < 1.29 is 37.9 Å². The molecule has 3 atom stereocenters. The van der Waals surface area contributed by atoms with Crippen LogP contribution < -0.4 is 14.4 Å². The number of piperidine rings is 1. The van der Waals surface area contributed by atoms with E-state index in [2.05, 4.69) is 9.88 Å². The molecule has 290 valence electrons. The molecule has 54 heavy (non-hydrogen) atoms. The monoisotopic (exact) mass is 747 g/mol. The van der Waals surface area contributed by atoms with Crippen LogP contribution in [-0.2, 0) is 9.47 Å². The zero-order valence-corrected chi connectivity index (χ0v) is 31.7. The number of phenols is 1. The molecule has 5 aliphatic rings. The number of aromatic nitrogens is 3. The van der Waals surface area contributed by atoms with Crippen molar-refractivity contribution in [2.24, 2.45) is 10.8 Å². The summed E-state index contributed by atoms with van der Waals surface area (Å²) in [5, 5.41) is 22.4. The van der Waals surface area contributed by atoms with Gasteiger partial charge in [-0.2, -0.15) is 9.97 Å². The van der Waals surface area contributed by atoms with Gasteiger partial charge in [-0.15, -0.1) is 0 Å². The first-order chi connectivity index (χ1) is 26.1. The largest absolute Gasteiger partial charge is 0.508 e. The van der Waals surface area contributed by atoms with Crippen molar-refractivity contribution >= 4 is 27.5 Å². The predicted octanol–water partition coefficient (Wildman–Crippen LogP) is 6.64. The highest BCUT2D eigenvalue weighted by atomic mass is 19.1. The third-order valence-corrected chi connectivity index (χ3v) is 12.3. The van der Waals surface area contributed by atoms with E-state index in [-0.39, 0.29) is 63.8 Å². The van der Waals surface area contributed by atoms with Gasteiger partial charge in [-0.05, 0) is 75.6 Å². The van der Waals surface area contributed by atoms with Crippen LogP contribution in [0.15, 0.2) is 30.3 Å². The number of hydrogen-bond donors (Lipinski definition) is 2. The molecule has 0 amide bonds. The standard InChI is InChI=1S/C39H45F2N5O6.C2H6/c1-37(48)18-45(12-13-50-19-37)34-30-33(31(41)32(42-35(30)49-2)26-15-25(47)14-23-6-3-7-27(40)29(23)26)43-36(44-34)52-22-39-9-4-8-28(39)46(11-5-10-39)24-16-38(17-24)20-51-21-38;1-2/h3,6-7,14-15,24,28,47-48H,4-5,8-13,16-22H2,1-2H3;1-2H3. The van der Waals surface area contributed by atoms with Gasteiger partial charge in [0.2, 0.25) is 5.88 Å². The van der Waals surface area contributed by atoms with Crippen LogP contribution in [0.2, 0.25) is 0 Å². The van der Waals surface area contributed by atoms with E-state index in [0.717, 1.165) is 51.9 Å². The van der Waals surface area contributed by atoms with Crippen molar-refractivity contribution in [3.8, 4) is 28.9 Å². The molecular formula is C41H51F2N5O6. The number of β-amino-alcohol motifs (C(OH)–C–C–N with tert-alkyl or cyclic N) is 1. The van der Waals surface area contributed by atoms with Crippen LogP contribution >= 0.6 is 0 Å². The lowest BCUT2D eigenvalue weighted by molar-refractivity contribution is -0.196. The molecule has 0 bridgehead atoms. The molecule has 2 saturated carbocycles. The minimum atomic E-state index is -1.22. The van der Waals surface area contributed by atoms with Crippen LogP contribution in [0, 0.1) is 22.5 Å². The average Bonchev–Trinajstić information content (AvgIpc) is 3.47. The summed E-state index contributed by atoms with van der Waals surface area (Å²) in [7, 11) is 1.41. The number of likely N-dealkylation sites (tertiary alicyclic amines) is 1. The van der Waals surface area contributed by atoms with Gasteiger partial charge in [0.05, 0.1) is 46.7 Å². The van der Waals surface area contributed by atoms with Crippen LogP contribution in [-0.4, -0.2) is 108 Å². The Morgan fingerprint density at radius 1 is 0.981 bits per heavy atom. The number of benzene rings is 2. The van der Waals surface area contributed by atoms with Crippen molar-refractivity contribution in [1.29, 1.82) is 0 Å². The number of methoxy groups -OCH3 is 1. The summed E-state index contributed by atoms with van der Waals surface area (Å²) in [6.45, 7) is 9.84. The van der Waals surface area contributed by atoms with Crippen LogP contribution in [0.1, 0.15) is 65.7 Å². The summed E-state index contributed by atoms with van der Waals surface area (Å²) in [6, 6.07) is 8.13. The first-order valence-corrected chi connectivity index (χ1v) is 19.5. The van der Waals surface area contributed by atoms with E-state index in [1.807, 2.05) is 18.7 Å². The lowest BCUT2D eigenvalue weighted by atomic mass is 9.62. The Morgan fingerprint density at radius 3 is 2.54 bits per heavy atom. The summed E-state index contributed by atoms with van der Waals surface area (Å²) in [4.78, 5) is 18.7. The third kappa shape index (κ3) is 6.40. The molecule has 5 fully saturated rings. The van der Waals surface area contributed by atoms with Gasteiger partial charge >= 0.3 is 6.01 Å². The zero-order valence-electron chi connectivity index (χ0n) is 31.7. The molecule has 13 heteroatoms. The molecule has 3 unspecified atom stereocenters. The van der Waals surface area contributed by atoms with Gasteiger partial charge < -0.3 is 34.1 Å². The van der Waals surface area contributed by atoms with E-state index in [1.54, 1.807) is 13.0 Å². The molecular weight excluding hydrogens is 696 g/mol.